The van der Waals surface area contributed by atoms with Crippen molar-refractivity contribution in [3.63, 3.8) is 0 Å². The number of hydrogen-bond donors (Lipinski definition) is 1. The van der Waals surface area contributed by atoms with Crippen molar-refractivity contribution in [2.45, 2.75) is 26.3 Å². The summed E-state index contributed by atoms with van der Waals surface area (Å²) in [6.07, 6.45) is -4.53. The number of nitrogens with one attached hydrogen (secondary N) is 1. The summed E-state index contributed by atoms with van der Waals surface area (Å²) in [6.45, 7) is 4.63. The second-order valence-electron chi connectivity index (χ2n) is 2.76. The highest BCUT2D eigenvalue weighted by molar-refractivity contribution is 4.54. The Bertz CT molecular complexity index is 141. The van der Waals surface area contributed by atoms with Crippen LogP contribution in [0.3, 0.4) is 0 Å². The van der Waals surface area contributed by atoms with Crippen molar-refractivity contribution in [2.75, 3.05) is 26.3 Å². The minimum atomic E-state index is -4.53. The third kappa shape index (κ3) is 9.76. The number of halogens is 3. The summed E-state index contributed by atoms with van der Waals surface area (Å²) in [4.78, 5) is 0. The Balaban J connectivity index is 3.21. The molecule has 0 spiro atoms. The van der Waals surface area contributed by atoms with Gasteiger partial charge in [-0.05, 0) is 13.8 Å². The fourth-order valence-electron chi connectivity index (χ4n) is 0.888. The molecule has 0 saturated carbocycles. The van der Waals surface area contributed by atoms with E-state index in [1.54, 1.807) is 0 Å². The summed E-state index contributed by atoms with van der Waals surface area (Å²) < 4.78 is 43.2. The van der Waals surface area contributed by atoms with Gasteiger partial charge < -0.3 is 10.1 Å². The molecule has 0 aliphatic rings. The first-order chi connectivity index (χ1) is 6.45. The molecule has 0 aliphatic carbocycles. The highest BCUT2D eigenvalue weighted by atomic mass is 19.4. The molecule has 3 nitrogen and oxygen atoms in total. The van der Waals surface area contributed by atoms with E-state index < -0.39 is 6.36 Å². The molecule has 1 unspecified atom stereocenters. The zero-order valence-corrected chi connectivity index (χ0v) is 8.36. The number of rotatable bonds is 7. The van der Waals surface area contributed by atoms with E-state index in [1.807, 2.05) is 13.8 Å². The van der Waals surface area contributed by atoms with Crippen LogP contribution in [0.5, 0.6) is 0 Å². The van der Waals surface area contributed by atoms with Gasteiger partial charge in [0.1, 0.15) is 0 Å². The lowest BCUT2D eigenvalue weighted by molar-refractivity contribution is -0.323. The van der Waals surface area contributed by atoms with Crippen LogP contribution in [0, 0.1) is 0 Å². The van der Waals surface area contributed by atoms with E-state index in [4.69, 9.17) is 4.74 Å². The molecule has 0 aromatic carbocycles. The SMILES string of the molecule is CCOC(C)CNCCOC(F)(F)F. The Labute approximate surface area is 81.6 Å². The fourth-order valence-corrected chi connectivity index (χ4v) is 0.888. The van der Waals surface area contributed by atoms with E-state index >= 15 is 0 Å². The van der Waals surface area contributed by atoms with Gasteiger partial charge in [-0.1, -0.05) is 0 Å². The van der Waals surface area contributed by atoms with Gasteiger partial charge in [-0.25, -0.2) is 0 Å². The van der Waals surface area contributed by atoms with Crippen molar-refractivity contribution in [1.29, 1.82) is 0 Å². The number of alkyl halides is 3. The standard InChI is InChI=1S/C8H16F3NO2/c1-3-13-7(2)6-12-4-5-14-8(9,10)11/h7,12H,3-6H2,1-2H3. The monoisotopic (exact) mass is 215 g/mol. The number of ether oxygens (including phenoxy) is 2. The Morgan fingerprint density at radius 1 is 1.36 bits per heavy atom. The minimum Gasteiger partial charge on any atom is -0.377 e. The van der Waals surface area contributed by atoms with Gasteiger partial charge in [0.2, 0.25) is 0 Å². The zero-order chi connectivity index (χ0) is 11.0. The van der Waals surface area contributed by atoms with Crippen molar-refractivity contribution in [3.8, 4) is 0 Å². The molecule has 0 aliphatic heterocycles. The summed E-state index contributed by atoms with van der Waals surface area (Å²) >= 11 is 0. The molecule has 0 radical (unpaired) electrons. The first-order valence-electron chi connectivity index (χ1n) is 4.48. The summed E-state index contributed by atoms with van der Waals surface area (Å²) in [5, 5.41) is 2.79. The lowest BCUT2D eigenvalue weighted by Crippen LogP contribution is -2.31. The maximum Gasteiger partial charge on any atom is 0.522 e. The highest BCUT2D eigenvalue weighted by Gasteiger charge is 2.28. The molecule has 0 amide bonds. The van der Waals surface area contributed by atoms with Crippen molar-refractivity contribution in [2.24, 2.45) is 0 Å². The Morgan fingerprint density at radius 3 is 2.50 bits per heavy atom. The molecule has 86 valence electrons. The predicted octanol–water partition coefficient (Wildman–Crippen LogP) is 1.54. The minimum absolute atomic E-state index is 0.00545. The molecule has 0 heterocycles. The summed E-state index contributed by atoms with van der Waals surface area (Å²) in [5.74, 6) is 0. The third-order valence-corrected chi connectivity index (χ3v) is 1.43. The highest BCUT2D eigenvalue weighted by Crippen LogP contribution is 2.14. The van der Waals surface area contributed by atoms with Gasteiger partial charge in [-0.15, -0.1) is 13.2 Å². The average Bonchev–Trinajstić information content (AvgIpc) is 2.02. The molecule has 14 heavy (non-hydrogen) atoms. The van der Waals surface area contributed by atoms with E-state index in [2.05, 4.69) is 10.1 Å². The van der Waals surface area contributed by atoms with Crippen LogP contribution in [0.15, 0.2) is 0 Å². The second kappa shape index (κ2) is 7.03. The largest absolute Gasteiger partial charge is 0.522 e. The van der Waals surface area contributed by atoms with Crippen molar-refractivity contribution >= 4 is 0 Å². The van der Waals surface area contributed by atoms with Gasteiger partial charge in [0, 0.05) is 19.7 Å². The lowest BCUT2D eigenvalue weighted by atomic mass is 10.4. The van der Waals surface area contributed by atoms with Crippen LogP contribution < -0.4 is 5.32 Å². The predicted molar refractivity (Wildman–Crippen MR) is 46.0 cm³/mol. The first-order valence-corrected chi connectivity index (χ1v) is 4.48. The normalized spacial score (nSPS) is 14.4. The molecule has 0 bridgehead atoms. The average molecular weight is 215 g/mol. The third-order valence-electron chi connectivity index (χ3n) is 1.43. The van der Waals surface area contributed by atoms with Crippen LogP contribution in [0.1, 0.15) is 13.8 Å². The van der Waals surface area contributed by atoms with Gasteiger partial charge in [-0.3, -0.25) is 4.74 Å². The van der Waals surface area contributed by atoms with E-state index in [9.17, 15) is 13.2 Å². The number of hydrogen-bond acceptors (Lipinski definition) is 3. The smallest absolute Gasteiger partial charge is 0.377 e. The van der Waals surface area contributed by atoms with E-state index in [0.717, 1.165) is 0 Å². The molecule has 0 rings (SSSR count). The van der Waals surface area contributed by atoms with Crippen LogP contribution in [-0.2, 0) is 9.47 Å². The molecular formula is C8H16F3NO2. The van der Waals surface area contributed by atoms with E-state index in [0.29, 0.717) is 13.2 Å². The quantitative estimate of drug-likeness (QED) is 0.653. The van der Waals surface area contributed by atoms with Crippen molar-refractivity contribution in [1.82, 2.24) is 5.32 Å². The second-order valence-corrected chi connectivity index (χ2v) is 2.76. The van der Waals surface area contributed by atoms with Crippen LogP contribution >= 0.6 is 0 Å². The van der Waals surface area contributed by atoms with Crippen LogP contribution in [-0.4, -0.2) is 38.8 Å². The maximum atomic E-state index is 11.5. The molecule has 0 fully saturated rings. The van der Waals surface area contributed by atoms with Crippen LogP contribution in [0.2, 0.25) is 0 Å². The fraction of sp³-hybridized carbons (Fsp3) is 1.00. The molecule has 1 atom stereocenters. The van der Waals surface area contributed by atoms with Gasteiger partial charge in [0.25, 0.3) is 0 Å². The molecule has 6 heteroatoms. The molecule has 0 saturated heterocycles. The molecule has 1 N–H and O–H groups in total. The van der Waals surface area contributed by atoms with Gasteiger partial charge in [0.05, 0.1) is 12.7 Å². The Kier molecular flexibility index (Phi) is 6.86. The van der Waals surface area contributed by atoms with Crippen LogP contribution in [0.25, 0.3) is 0 Å². The van der Waals surface area contributed by atoms with Gasteiger partial charge in [-0.2, -0.15) is 0 Å². The lowest BCUT2D eigenvalue weighted by Gasteiger charge is -2.12. The Hall–Kier alpha value is -0.330. The van der Waals surface area contributed by atoms with Crippen LogP contribution in [0.4, 0.5) is 13.2 Å². The summed E-state index contributed by atoms with van der Waals surface area (Å²) in [6, 6.07) is 0. The molecule has 0 aromatic rings. The van der Waals surface area contributed by atoms with Crippen molar-refractivity contribution in [3.05, 3.63) is 0 Å². The summed E-state index contributed by atoms with van der Waals surface area (Å²) in [5.41, 5.74) is 0. The van der Waals surface area contributed by atoms with Gasteiger partial charge in [0.15, 0.2) is 0 Å². The van der Waals surface area contributed by atoms with Crippen molar-refractivity contribution < 1.29 is 22.6 Å². The Morgan fingerprint density at radius 2 is 2.00 bits per heavy atom. The molecule has 0 aromatic heterocycles. The van der Waals surface area contributed by atoms with E-state index in [-0.39, 0.29) is 19.3 Å². The van der Waals surface area contributed by atoms with E-state index in [1.165, 1.54) is 0 Å². The zero-order valence-electron chi connectivity index (χ0n) is 8.36. The first kappa shape index (κ1) is 13.7. The molecular weight excluding hydrogens is 199 g/mol. The summed E-state index contributed by atoms with van der Waals surface area (Å²) in [7, 11) is 0. The van der Waals surface area contributed by atoms with Gasteiger partial charge >= 0.3 is 6.36 Å². The topological polar surface area (TPSA) is 30.5 Å². The maximum absolute atomic E-state index is 11.5.